The second-order valence-corrected chi connectivity index (χ2v) is 3.47. The van der Waals surface area contributed by atoms with E-state index in [9.17, 15) is 14.4 Å². The molecule has 8 heteroatoms. The van der Waals surface area contributed by atoms with Crippen LogP contribution >= 0.6 is 0 Å². The monoisotopic (exact) mass is 254 g/mol. The molecule has 0 aliphatic rings. The van der Waals surface area contributed by atoms with Crippen molar-refractivity contribution in [3.63, 3.8) is 0 Å². The molecule has 1 rings (SSSR count). The first kappa shape index (κ1) is 13.7. The number of aryl methyl sites for hydroxylation is 1. The minimum Gasteiger partial charge on any atom is -0.480 e. The zero-order chi connectivity index (χ0) is 13.4. The molecule has 0 aromatic carbocycles. The van der Waals surface area contributed by atoms with Crippen LogP contribution in [0.1, 0.15) is 6.42 Å². The molecule has 3 N–H and O–H groups in total. The molecule has 0 fully saturated rings. The summed E-state index contributed by atoms with van der Waals surface area (Å²) in [4.78, 5) is 32.6. The van der Waals surface area contributed by atoms with Gasteiger partial charge in [-0.2, -0.15) is 5.10 Å². The van der Waals surface area contributed by atoms with Crippen molar-refractivity contribution in [2.75, 3.05) is 13.1 Å². The summed E-state index contributed by atoms with van der Waals surface area (Å²) in [5.41, 5.74) is 0. The van der Waals surface area contributed by atoms with Crippen molar-refractivity contribution >= 4 is 17.8 Å². The molecule has 1 aromatic heterocycles. The van der Waals surface area contributed by atoms with E-state index in [0.29, 0.717) is 6.54 Å². The topological polar surface area (TPSA) is 113 Å². The molecule has 8 nitrogen and oxygen atoms in total. The molecular weight excluding hydrogens is 240 g/mol. The van der Waals surface area contributed by atoms with E-state index in [4.69, 9.17) is 5.11 Å². The van der Waals surface area contributed by atoms with Gasteiger partial charge in [-0.05, 0) is 6.07 Å². The lowest BCUT2D eigenvalue weighted by Crippen LogP contribution is -2.39. The predicted octanol–water partition coefficient (Wildman–Crippen LogP) is -1.41. The Morgan fingerprint density at radius 1 is 1.17 bits per heavy atom. The SMILES string of the molecule is O=C(O)CNC(=O)CNC(=O)CCn1cccn1. The fraction of sp³-hybridized carbons (Fsp3) is 0.400. The highest BCUT2D eigenvalue weighted by molar-refractivity contribution is 5.86. The zero-order valence-corrected chi connectivity index (χ0v) is 9.63. The van der Waals surface area contributed by atoms with Gasteiger partial charge in [0, 0.05) is 25.4 Å². The van der Waals surface area contributed by atoms with E-state index < -0.39 is 18.4 Å². The van der Waals surface area contributed by atoms with Crippen molar-refractivity contribution < 1.29 is 19.5 Å². The quantitative estimate of drug-likeness (QED) is 0.553. The molecular formula is C10H14N4O4. The molecule has 1 aromatic rings. The third-order valence-electron chi connectivity index (χ3n) is 2.01. The Kier molecular flexibility index (Phi) is 5.36. The third-order valence-corrected chi connectivity index (χ3v) is 2.01. The zero-order valence-electron chi connectivity index (χ0n) is 9.63. The summed E-state index contributed by atoms with van der Waals surface area (Å²) in [5.74, 6) is -1.96. The summed E-state index contributed by atoms with van der Waals surface area (Å²) in [6.45, 7) is -0.261. The maximum absolute atomic E-state index is 11.3. The van der Waals surface area contributed by atoms with Crippen LogP contribution in [0.3, 0.4) is 0 Å². The van der Waals surface area contributed by atoms with Crippen LogP contribution in [0.25, 0.3) is 0 Å². The fourth-order valence-corrected chi connectivity index (χ4v) is 1.15. The average molecular weight is 254 g/mol. The van der Waals surface area contributed by atoms with Gasteiger partial charge < -0.3 is 15.7 Å². The maximum atomic E-state index is 11.3. The number of carboxylic acid groups (broad SMARTS) is 1. The Bertz CT molecular complexity index is 416. The molecule has 18 heavy (non-hydrogen) atoms. The largest absolute Gasteiger partial charge is 0.480 e. The minimum absolute atomic E-state index is 0.202. The Balaban J connectivity index is 2.13. The van der Waals surface area contributed by atoms with Gasteiger partial charge in [0.1, 0.15) is 6.54 Å². The van der Waals surface area contributed by atoms with Crippen LogP contribution in [-0.4, -0.2) is 45.8 Å². The van der Waals surface area contributed by atoms with Gasteiger partial charge in [0.25, 0.3) is 0 Å². The van der Waals surface area contributed by atoms with E-state index in [2.05, 4.69) is 15.7 Å². The van der Waals surface area contributed by atoms with E-state index in [1.165, 1.54) is 0 Å². The Labute approximate surface area is 103 Å². The number of carboxylic acids is 1. The lowest BCUT2D eigenvalue weighted by Gasteiger charge is -2.05. The number of rotatable bonds is 7. The van der Waals surface area contributed by atoms with Crippen LogP contribution in [0.15, 0.2) is 18.5 Å². The number of hydrogen-bond acceptors (Lipinski definition) is 4. The van der Waals surface area contributed by atoms with Gasteiger partial charge in [0.05, 0.1) is 6.54 Å². The van der Waals surface area contributed by atoms with Crippen LogP contribution < -0.4 is 10.6 Å². The van der Waals surface area contributed by atoms with Crippen molar-refractivity contribution in [1.82, 2.24) is 20.4 Å². The first-order chi connectivity index (χ1) is 8.58. The molecule has 0 saturated carbocycles. The van der Waals surface area contributed by atoms with E-state index in [1.807, 2.05) is 0 Å². The van der Waals surface area contributed by atoms with Gasteiger partial charge in [-0.3, -0.25) is 19.1 Å². The predicted molar refractivity (Wildman–Crippen MR) is 60.5 cm³/mol. The van der Waals surface area contributed by atoms with E-state index in [0.717, 1.165) is 0 Å². The van der Waals surface area contributed by atoms with E-state index in [-0.39, 0.29) is 18.9 Å². The lowest BCUT2D eigenvalue weighted by atomic mass is 10.4. The standard InChI is InChI=1S/C10H14N4O4/c15-8(2-5-14-4-1-3-13-14)11-6-9(16)12-7-10(17)18/h1,3-4H,2,5-7H2,(H,11,15)(H,12,16)(H,17,18). The molecule has 98 valence electrons. The summed E-state index contributed by atoms with van der Waals surface area (Å²) in [7, 11) is 0. The highest BCUT2D eigenvalue weighted by Gasteiger charge is 2.06. The van der Waals surface area contributed by atoms with Crippen molar-refractivity contribution in [3.05, 3.63) is 18.5 Å². The van der Waals surface area contributed by atoms with Crippen molar-refractivity contribution in [3.8, 4) is 0 Å². The van der Waals surface area contributed by atoms with Gasteiger partial charge >= 0.3 is 5.97 Å². The Hall–Kier alpha value is -2.38. The second kappa shape index (κ2) is 7.05. The number of aromatic nitrogens is 2. The lowest BCUT2D eigenvalue weighted by molar-refractivity contribution is -0.137. The van der Waals surface area contributed by atoms with Crippen LogP contribution in [0.5, 0.6) is 0 Å². The van der Waals surface area contributed by atoms with Crippen molar-refractivity contribution in [1.29, 1.82) is 0 Å². The smallest absolute Gasteiger partial charge is 0.322 e. The van der Waals surface area contributed by atoms with Gasteiger partial charge in [-0.15, -0.1) is 0 Å². The molecule has 0 radical (unpaired) electrons. The van der Waals surface area contributed by atoms with Gasteiger partial charge in [0.2, 0.25) is 11.8 Å². The molecule has 2 amide bonds. The molecule has 1 heterocycles. The van der Waals surface area contributed by atoms with Crippen molar-refractivity contribution in [2.45, 2.75) is 13.0 Å². The van der Waals surface area contributed by atoms with Crippen molar-refractivity contribution in [2.24, 2.45) is 0 Å². The molecule has 0 saturated heterocycles. The Morgan fingerprint density at radius 3 is 2.50 bits per heavy atom. The number of aliphatic carboxylic acids is 1. The summed E-state index contributed by atoms with van der Waals surface area (Å²) in [6, 6.07) is 1.75. The molecule has 0 aliphatic heterocycles. The highest BCUT2D eigenvalue weighted by Crippen LogP contribution is 1.88. The fourth-order valence-electron chi connectivity index (χ4n) is 1.15. The number of nitrogens with zero attached hydrogens (tertiary/aromatic N) is 2. The summed E-state index contributed by atoms with van der Waals surface area (Å²) < 4.78 is 1.60. The van der Waals surface area contributed by atoms with E-state index >= 15 is 0 Å². The number of hydrogen-bond donors (Lipinski definition) is 3. The summed E-state index contributed by atoms with van der Waals surface area (Å²) in [6.07, 6.45) is 3.54. The molecule has 0 bridgehead atoms. The molecule has 0 unspecified atom stereocenters. The summed E-state index contributed by atoms with van der Waals surface area (Å²) in [5, 5.41) is 16.8. The van der Waals surface area contributed by atoms with Gasteiger partial charge in [-0.25, -0.2) is 0 Å². The average Bonchev–Trinajstić information content (AvgIpc) is 2.84. The first-order valence-corrected chi connectivity index (χ1v) is 5.30. The maximum Gasteiger partial charge on any atom is 0.322 e. The number of nitrogens with one attached hydrogen (secondary N) is 2. The second-order valence-electron chi connectivity index (χ2n) is 3.47. The van der Waals surface area contributed by atoms with E-state index in [1.54, 1.807) is 23.1 Å². The molecule has 0 atom stereocenters. The Morgan fingerprint density at radius 2 is 1.89 bits per heavy atom. The normalized spacial score (nSPS) is 9.78. The first-order valence-electron chi connectivity index (χ1n) is 5.30. The summed E-state index contributed by atoms with van der Waals surface area (Å²) >= 11 is 0. The number of carbonyl (C=O) groups excluding carboxylic acids is 2. The number of carbonyl (C=O) groups is 3. The van der Waals surface area contributed by atoms with Gasteiger partial charge in [0.15, 0.2) is 0 Å². The van der Waals surface area contributed by atoms with Crippen LogP contribution in [0.2, 0.25) is 0 Å². The van der Waals surface area contributed by atoms with Gasteiger partial charge in [-0.1, -0.05) is 0 Å². The van der Waals surface area contributed by atoms with Crippen LogP contribution in [0, 0.1) is 0 Å². The molecule has 0 spiro atoms. The number of amides is 2. The van der Waals surface area contributed by atoms with Crippen LogP contribution in [0.4, 0.5) is 0 Å². The molecule has 0 aliphatic carbocycles. The highest BCUT2D eigenvalue weighted by atomic mass is 16.4. The minimum atomic E-state index is -1.13. The third kappa shape index (κ3) is 5.64. The van der Waals surface area contributed by atoms with Crippen LogP contribution in [-0.2, 0) is 20.9 Å².